The maximum Gasteiger partial charge on any atom is 0.251 e. The van der Waals surface area contributed by atoms with Gasteiger partial charge >= 0.3 is 0 Å². The summed E-state index contributed by atoms with van der Waals surface area (Å²) in [5.41, 5.74) is 8.19. The van der Waals surface area contributed by atoms with Gasteiger partial charge in [0.1, 0.15) is 5.75 Å². The minimum Gasteiger partial charge on any atom is -0.495 e. The molecule has 0 saturated carbocycles. The number of nitrogens with one attached hydrogen (secondary N) is 1. The number of carbonyl (C=O) groups is 1. The number of hydrogen-bond donors (Lipinski definition) is 2. The lowest BCUT2D eigenvalue weighted by atomic mass is 10.1. The zero-order chi connectivity index (χ0) is 16.9. The predicted octanol–water partition coefficient (Wildman–Crippen LogP) is 2.28. The molecule has 1 heterocycles. The summed E-state index contributed by atoms with van der Waals surface area (Å²) in [6.45, 7) is 2.78. The Morgan fingerprint density at radius 2 is 2.08 bits per heavy atom. The van der Waals surface area contributed by atoms with E-state index in [1.807, 2.05) is 6.07 Å². The third-order valence-corrected chi connectivity index (χ3v) is 4.35. The molecule has 1 amide bonds. The van der Waals surface area contributed by atoms with Crippen molar-refractivity contribution in [3.8, 4) is 5.75 Å². The molecule has 1 aliphatic rings. The van der Waals surface area contributed by atoms with Crippen LogP contribution in [0, 0.1) is 0 Å². The second-order valence-electron chi connectivity index (χ2n) is 6.14. The van der Waals surface area contributed by atoms with Gasteiger partial charge in [0.05, 0.1) is 12.8 Å². The number of benzene rings is 2. The van der Waals surface area contributed by atoms with E-state index in [2.05, 4.69) is 34.5 Å². The molecular formula is C19H23N3O2. The van der Waals surface area contributed by atoms with Gasteiger partial charge < -0.3 is 15.8 Å². The quantitative estimate of drug-likeness (QED) is 0.828. The highest BCUT2D eigenvalue weighted by molar-refractivity contribution is 5.95. The fourth-order valence-electron chi connectivity index (χ4n) is 3.06. The number of nitrogens with zero attached hydrogens (tertiary/aromatic N) is 1. The first-order valence-electron chi connectivity index (χ1n) is 8.16. The zero-order valence-corrected chi connectivity index (χ0v) is 13.9. The minimum atomic E-state index is -0.0835. The number of amides is 1. The fraction of sp³-hybridized carbons (Fsp3) is 0.316. The van der Waals surface area contributed by atoms with Crippen LogP contribution in [0.4, 0.5) is 5.69 Å². The van der Waals surface area contributed by atoms with Gasteiger partial charge in [0, 0.05) is 31.2 Å². The molecule has 3 N–H and O–H groups in total. The minimum absolute atomic E-state index is 0.0835. The molecular weight excluding hydrogens is 302 g/mol. The van der Waals surface area contributed by atoms with Gasteiger partial charge in [0.15, 0.2) is 0 Å². The number of nitrogen functional groups attached to an aromatic ring is 1. The molecule has 1 saturated heterocycles. The number of hydrogen-bond acceptors (Lipinski definition) is 4. The molecule has 2 aromatic rings. The summed E-state index contributed by atoms with van der Waals surface area (Å²) < 4.78 is 5.18. The summed E-state index contributed by atoms with van der Waals surface area (Å²) in [7, 11) is 1.55. The molecule has 2 aromatic carbocycles. The third kappa shape index (κ3) is 3.86. The number of anilines is 1. The Hall–Kier alpha value is -2.53. The molecule has 126 valence electrons. The van der Waals surface area contributed by atoms with Crippen molar-refractivity contribution in [2.45, 2.75) is 19.0 Å². The van der Waals surface area contributed by atoms with Gasteiger partial charge in [-0.05, 0) is 30.2 Å². The largest absolute Gasteiger partial charge is 0.495 e. The number of carbonyl (C=O) groups excluding carboxylic acids is 1. The smallest absolute Gasteiger partial charge is 0.251 e. The van der Waals surface area contributed by atoms with Crippen molar-refractivity contribution in [3.63, 3.8) is 0 Å². The Bertz CT molecular complexity index is 703. The molecule has 5 heteroatoms. The number of nitrogens with two attached hydrogens (primary N) is 1. The summed E-state index contributed by atoms with van der Waals surface area (Å²) in [4.78, 5) is 14.8. The molecule has 1 fully saturated rings. The SMILES string of the molecule is COc1cc(C(=O)N[C@H]2CCN(Cc3ccccc3)C2)ccc1N. The van der Waals surface area contributed by atoms with Crippen LogP contribution in [0.1, 0.15) is 22.3 Å². The van der Waals surface area contributed by atoms with Crippen molar-refractivity contribution in [2.75, 3.05) is 25.9 Å². The fourth-order valence-corrected chi connectivity index (χ4v) is 3.06. The molecule has 0 aliphatic carbocycles. The average molecular weight is 325 g/mol. The number of ether oxygens (including phenoxy) is 1. The van der Waals surface area contributed by atoms with Crippen LogP contribution in [-0.4, -0.2) is 37.0 Å². The van der Waals surface area contributed by atoms with Gasteiger partial charge in [-0.2, -0.15) is 0 Å². The van der Waals surface area contributed by atoms with Crippen LogP contribution < -0.4 is 15.8 Å². The second kappa shape index (κ2) is 7.36. The van der Waals surface area contributed by atoms with Gasteiger partial charge in [0.2, 0.25) is 0 Å². The number of methoxy groups -OCH3 is 1. The van der Waals surface area contributed by atoms with Crippen molar-refractivity contribution in [1.82, 2.24) is 10.2 Å². The van der Waals surface area contributed by atoms with Gasteiger partial charge in [0.25, 0.3) is 5.91 Å². The summed E-state index contributed by atoms with van der Waals surface area (Å²) >= 11 is 0. The number of likely N-dealkylation sites (tertiary alicyclic amines) is 1. The molecule has 3 rings (SSSR count). The van der Waals surface area contributed by atoms with E-state index >= 15 is 0 Å². The van der Waals surface area contributed by atoms with E-state index in [9.17, 15) is 4.79 Å². The first-order chi connectivity index (χ1) is 11.7. The van der Waals surface area contributed by atoms with Crippen molar-refractivity contribution < 1.29 is 9.53 Å². The van der Waals surface area contributed by atoms with Crippen LogP contribution in [0.3, 0.4) is 0 Å². The monoisotopic (exact) mass is 325 g/mol. The molecule has 24 heavy (non-hydrogen) atoms. The second-order valence-corrected chi connectivity index (χ2v) is 6.14. The van der Waals surface area contributed by atoms with Crippen LogP contribution in [-0.2, 0) is 6.54 Å². The summed E-state index contributed by atoms with van der Waals surface area (Å²) in [6.07, 6.45) is 0.963. The summed E-state index contributed by atoms with van der Waals surface area (Å²) in [6, 6.07) is 15.7. The predicted molar refractivity (Wildman–Crippen MR) is 95.0 cm³/mol. The van der Waals surface area contributed by atoms with Crippen LogP contribution in [0.15, 0.2) is 48.5 Å². The van der Waals surface area contributed by atoms with Gasteiger partial charge in [-0.25, -0.2) is 0 Å². The van der Waals surface area contributed by atoms with E-state index in [1.165, 1.54) is 5.56 Å². The molecule has 0 bridgehead atoms. The molecule has 5 nitrogen and oxygen atoms in total. The van der Waals surface area contributed by atoms with Crippen molar-refractivity contribution in [1.29, 1.82) is 0 Å². The Labute approximate surface area is 142 Å². The van der Waals surface area contributed by atoms with Crippen molar-refractivity contribution in [3.05, 3.63) is 59.7 Å². The van der Waals surface area contributed by atoms with E-state index in [0.717, 1.165) is 26.1 Å². The molecule has 1 aliphatic heterocycles. The highest BCUT2D eigenvalue weighted by Gasteiger charge is 2.24. The van der Waals surface area contributed by atoms with Crippen LogP contribution in [0.25, 0.3) is 0 Å². The van der Waals surface area contributed by atoms with Gasteiger partial charge in [-0.15, -0.1) is 0 Å². The number of rotatable bonds is 5. The van der Waals surface area contributed by atoms with E-state index in [1.54, 1.807) is 25.3 Å². The lowest BCUT2D eigenvalue weighted by Gasteiger charge is -2.17. The lowest BCUT2D eigenvalue weighted by molar-refractivity contribution is 0.0937. The van der Waals surface area contributed by atoms with Gasteiger partial charge in [-0.1, -0.05) is 30.3 Å². The summed E-state index contributed by atoms with van der Waals surface area (Å²) in [5.74, 6) is 0.444. The van der Waals surface area contributed by atoms with E-state index in [-0.39, 0.29) is 11.9 Å². The standard InChI is InChI=1S/C19H23N3O2/c1-24-18-11-15(7-8-17(18)20)19(23)21-16-9-10-22(13-16)12-14-5-3-2-4-6-14/h2-8,11,16H,9-10,12-13,20H2,1H3,(H,21,23)/t16-/m0/s1. The zero-order valence-electron chi connectivity index (χ0n) is 13.9. The van der Waals surface area contributed by atoms with Crippen LogP contribution in [0.5, 0.6) is 5.75 Å². The van der Waals surface area contributed by atoms with Crippen LogP contribution in [0.2, 0.25) is 0 Å². The maximum absolute atomic E-state index is 12.4. The maximum atomic E-state index is 12.4. The Morgan fingerprint density at radius 1 is 1.29 bits per heavy atom. The Morgan fingerprint density at radius 3 is 2.83 bits per heavy atom. The Balaban J connectivity index is 1.56. The average Bonchev–Trinajstić information content (AvgIpc) is 3.03. The summed E-state index contributed by atoms with van der Waals surface area (Å²) in [5, 5.41) is 3.10. The topological polar surface area (TPSA) is 67.6 Å². The van der Waals surface area contributed by atoms with E-state index in [4.69, 9.17) is 10.5 Å². The third-order valence-electron chi connectivity index (χ3n) is 4.35. The van der Waals surface area contributed by atoms with Crippen molar-refractivity contribution >= 4 is 11.6 Å². The normalized spacial score (nSPS) is 17.6. The molecule has 1 atom stereocenters. The molecule has 0 spiro atoms. The van der Waals surface area contributed by atoms with Crippen LogP contribution >= 0.6 is 0 Å². The lowest BCUT2D eigenvalue weighted by Crippen LogP contribution is -2.37. The van der Waals surface area contributed by atoms with Gasteiger partial charge in [-0.3, -0.25) is 9.69 Å². The molecule has 0 radical (unpaired) electrons. The highest BCUT2D eigenvalue weighted by atomic mass is 16.5. The highest BCUT2D eigenvalue weighted by Crippen LogP contribution is 2.22. The Kier molecular flexibility index (Phi) is 5.01. The van der Waals surface area contributed by atoms with E-state index in [0.29, 0.717) is 17.0 Å². The molecule has 0 unspecified atom stereocenters. The molecule has 0 aromatic heterocycles. The van der Waals surface area contributed by atoms with Crippen molar-refractivity contribution in [2.24, 2.45) is 0 Å². The first kappa shape index (κ1) is 16.3. The van der Waals surface area contributed by atoms with E-state index < -0.39 is 0 Å². The first-order valence-corrected chi connectivity index (χ1v) is 8.16.